The van der Waals surface area contributed by atoms with Crippen molar-refractivity contribution in [1.29, 1.82) is 0 Å². The minimum absolute atomic E-state index is 0.0110. The molecule has 7 nitrogen and oxygen atoms in total. The van der Waals surface area contributed by atoms with Gasteiger partial charge in [0.25, 0.3) is 0 Å². The first-order valence-electron chi connectivity index (χ1n) is 9.57. The van der Waals surface area contributed by atoms with E-state index < -0.39 is 0 Å². The third kappa shape index (κ3) is 5.07. The molecule has 3 N–H and O–H groups in total. The zero-order valence-corrected chi connectivity index (χ0v) is 18.0. The molecule has 0 radical (unpaired) electrons. The van der Waals surface area contributed by atoms with Crippen molar-refractivity contribution in [3.63, 3.8) is 0 Å². The van der Waals surface area contributed by atoms with Gasteiger partial charge in [0.15, 0.2) is 0 Å². The highest BCUT2D eigenvalue weighted by atomic mass is 32.1. The molecular weight excluding hydrogens is 436 g/mol. The summed E-state index contributed by atoms with van der Waals surface area (Å²) in [6.45, 7) is 0.470. The monoisotopic (exact) mass is 456 g/mol. The van der Waals surface area contributed by atoms with E-state index in [0.29, 0.717) is 28.3 Å². The van der Waals surface area contributed by atoms with Gasteiger partial charge in [0, 0.05) is 12.8 Å². The lowest BCUT2D eigenvalue weighted by atomic mass is 10.1. The van der Waals surface area contributed by atoms with Crippen molar-refractivity contribution in [2.24, 2.45) is 0 Å². The minimum Gasteiger partial charge on any atom is -0.494 e. The Hall–Kier alpha value is -3.30. The van der Waals surface area contributed by atoms with E-state index in [-0.39, 0.29) is 34.7 Å². The molecule has 0 saturated heterocycles. The van der Waals surface area contributed by atoms with Gasteiger partial charge in [-0.3, -0.25) is 19.1 Å². The van der Waals surface area contributed by atoms with Crippen LogP contribution in [0.5, 0.6) is 17.5 Å². The number of aromatic amines is 1. The quantitative estimate of drug-likeness (QED) is 0.377. The molecule has 31 heavy (non-hydrogen) atoms. The molecule has 0 saturated carbocycles. The van der Waals surface area contributed by atoms with Crippen LogP contribution in [0, 0.1) is 0 Å². The van der Waals surface area contributed by atoms with Gasteiger partial charge in [0.05, 0.1) is 16.3 Å². The van der Waals surface area contributed by atoms with E-state index in [2.05, 4.69) is 4.98 Å². The molecule has 2 aromatic carbocycles. The van der Waals surface area contributed by atoms with E-state index >= 15 is 0 Å². The second kappa shape index (κ2) is 9.23. The largest absolute Gasteiger partial charge is 0.494 e. The SMILES string of the molecule is O=c1[nH]c(O)c(Cc2ccc(OCCn3c(O)c(Cc4ccccc4)sc3=O)cc2)s1. The zero-order chi connectivity index (χ0) is 21.8. The lowest BCUT2D eigenvalue weighted by molar-refractivity contribution is 0.285. The molecule has 2 aromatic heterocycles. The van der Waals surface area contributed by atoms with E-state index in [4.69, 9.17) is 4.74 Å². The molecule has 0 aliphatic carbocycles. The van der Waals surface area contributed by atoms with Crippen LogP contribution >= 0.6 is 22.7 Å². The summed E-state index contributed by atoms with van der Waals surface area (Å²) in [7, 11) is 0. The van der Waals surface area contributed by atoms with Crippen LogP contribution in [0.25, 0.3) is 0 Å². The van der Waals surface area contributed by atoms with Crippen LogP contribution in [-0.4, -0.2) is 26.4 Å². The van der Waals surface area contributed by atoms with Gasteiger partial charge in [0.1, 0.15) is 12.4 Å². The first-order valence-corrected chi connectivity index (χ1v) is 11.2. The van der Waals surface area contributed by atoms with Crippen LogP contribution in [0.3, 0.4) is 0 Å². The van der Waals surface area contributed by atoms with E-state index in [0.717, 1.165) is 33.8 Å². The second-order valence-corrected chi connectivity index (χ2v) is 9.00. The molecule has 0 spiro atoms. The van der Waals surface area contributed by atoms with Gasteiger partial charge in [0.2, 0.25) is 11.8 Å². The maximum atomic E-state index is 12.3. The number of hydrogen-bond donors (Lipinski definition) is 3. The molecule has 2 heterocycles. The number of nitrogens with one attached hydrogen (secondary N) is 1. The van der Waals surface area contributed by atoms with Crippen LogP contribution in [0.1, 0.15) is 20.9 Å². The topological polar surface area (TPSA) is 105 Å². The highest BCUT2D eigenvalue weighted by Gasteiger charge is 2.14. The van der Waals surface area contributed by atoms with Crippen molar-refractivity contribution < 1.29 is 14.9 Å². The van der Waals surface area contributed by atoms with Gasteiger partial charge in [-0.1, -0.05) is 65.1 Å². The van der Waals surface area contributed by atoms with Gasteiger partial charge in [-0.25, -0.2) is 0 Å². The van der Waals surface area contributed by atoms with Crippen LogP contribution in [0.4, 0.5) is 0 Å². The van der Waals surface area contributed by atoms with Gasteiger partial charge >= 0.3 is 9.75 Å². The fourth-order valence-corrected chi connectivity index (χ4v) is 4.85. The number of rotatable bonds is 8. The summed E-state index contributed by atoms with van der Waals surface area (Å²) >= 11 is 2.03. The van der Waals surface area contributed by atoms with Crippen molar-refractivity contribution in [3.8, 4) is 17.5 Å². The average molecular weight is 457 g/mol. The third-order valence-corrected chi connectivity index (χ3v) is 6.56. The molecule has 4 rings (SSSR count). The number of nitrogens with zero attached hydrogens (tertiary/aromatic N) is 1. The Labute approximate surface area is 185 Å². The van der Waals surface area contributed by atoms with Gasteiger partial charge in [-0.15, -0.1) is 0 Å². The van der Waals surface area contributed by atoms with Gasteiger partial charge < -0.3 is 14.9 Å². The smallest absolute Gasteiger partial charge is 0.310 e. The number of benzene rings is 2. The molecule has 0 bridgehead atoms. The molecule has 4 aromatic rings. The normalized spacial score (nSPS) is 11.0. The summed E-state index contributed by atoms with van der Waals surface area (Å²) in [5.41, 5.74) is 1.96. The Morgan fingerprint density at radius 3 is 2.23 bits per heavy atom. The van der Waals surface area contributed by atoms with Crippen LogP contribution in [0.2, 0.25) is 0 Å². The predicted molar refractivity (Wildman–Crippen MR) is 121 cm³/mol. The third-order valence-electron chi connectivity index (χ3n) is 4.72. The summed E-state index contributed by atoms with van der Waals surface area (Å²) < 4.78 is 7.04. The minimum atomic E-state index is -0.286. The number of thiazole rings is 2. The number of aromatic nitrogens is 2. The lowest BCUT2D eigenvalue weighted by Gasteiger charge is -2.08. The van der Waals surface area contributed by atoms with Crippen molar-refractivity contribution in [2.45, 2.75) is 19.4 Å². The standard InChI is InChI=1S/C22H20N2O5S2/c25-19-17(30-21(27)23-19)12-15-6-8-16(9-7-15)29-11-10-24-20(26)18(31-22(24)28)13-14-4-2-1-3-5-14/h1-9,25-26H,10-13H2,(H,23,27). The molecule has 0 unspecified atom stereocenters. The fourth-order valence-electron chi connectivity index (χ4n) is 3.15. The van der Waals surface area contributed by atoms with E-state index in [1.807, 2.05) is 42.5 Å². The van der Waals surface area contributed by atoms with E-state index in [9.17, 15) is 19.8 Å². The number of hydrogen-bond acceptors (Lipinski definition) is 7. The summed E-state index contributed by atoms with van der Waals surface area (Å²) in [4.78, 5) is 26.6. The van der Waals surface area contributed by atoms with Crippen LogP contribution in [0.15, 0.2) is 64.2 Å². The molecule has 160 valence electrons. The van der Waals surface area contributed by atoms with E-state index in [1.165, 1.54) is 4.57 Å². The maximum Gasteiger partial charge on any atom is 0.310 e. The molecule has 0 atom stereocenters. The molecule has 0 aliphatic rings. The first kappa shape index (κ1) is 21.0. The highest BCUT2D eigenvalue weighted by Crippen LogP contribution is 2.24. The Kier molecular flexibility index (Phi) is 6.24. The van der Waals surface area contributed by atoms with Gasteiger partial charge in [-0.05, 0) is 23.3 Å². The summed E-state index contributed by atoms with van der Waals surface area (Å²) in [6, 6.07) is 17.0. The van der Waals surface area contributed by atoms with Gasteiger partial charge in [-0.2, -0.15) is 0 Å². The Balaban J connectivity index is 1.34. The maximum absolute atomic E-state index is 12.3. The zero-order valence-electron chi connectivity index (χ0n) is 16.4. The first-order chi connectivity index (χ1) is 15.0. The van der Waals surface area contributed by atoms with Crippen molar-refractivity contribution >= 4 is 22.7 Å². The van der Waals surface area contributed by atoms with E-state index in [1.54, 1.807) is 12.1 Å². The highest BCUT2D eigenvalue weighted by molar-refractivity contribution is 7.09. The molecule has 9 heteroatoms. The predicted octanol–water partition coefficient (Wildman–Crippen LogP) is 3.33. The summed E-state index contributed by atoms with van der Waals surface area (Å²) in [5.74, 6) is 0.522. The Morgan fingerprint density at radius 2 is 1.55 bits per heavy atom. The van der Waals surface area contributed by atoms with Crippen molar-refractivity contribution in [2.75, 3.05) is 6.61 Å². The van der Waals surface area contributed by atoms with Crippen LogP contribution in [-0.2, 0) is 19.4 Å². The second-order valence-electron chi connectivity index (χ2n) is 6.88. The number of aromatic hydroxyl groups is 2. The Morgan fingerprint density at radius 1 is 0.871 bits per heavy atom. The fraction of sp³-hybridized carbons (Fsp3) is 0.182. The van der Waals surface area contributed by atoms with Crippen molar-refractivity contribution in [1.82, 2.24) is 9.55 Å². The molecule has 0 aliphatic heterocycles. The Bertz CT molecular complexity index is 1270. The van der Waals surface area contributed by atoms with Crippen molar-refractivity contribution in [3.05, 3.63) is 94.8 Å². The lowest BCUT2D eigenvalue weighted by Crippen LogP contribution is -2.17. The average Bonchev–Trinajstić information content (AvgIpc) is 3.21. The molecule has 0 amide bonds. The summed E-state index contributed by atoms with van der Waals surface area (Å²) in [5, 5.41) is 20.1. The van der Waals surface area contributed by atoms with Crippen LogP contribution < -0.4 is 14.5 Å². The summed E-state index contributed by atoms with van der Waals surface area (Å²) in [6.07, 6.45) is 0.950. The molecule has 0 fully saturated rings. The number of H-pyrrole nitrogens is 1. The molecular formula is C22H20N2O5S2. The number of ether oxygens (including phenoxy) is 1.